The molecule has 0 saturated carbocycles. The van der Waals surface area contributed by atoms with E-state index in [-0.39, 0.29) is 0 Å². The molecule has 0 heterocycles. The molecule has 0 aliphatic heterocycles. The number of halogens is 1. The largest absolute Gasteiger partial charge is 0.365 e. The Hall–Kier alpha value is -3.35. The fraction of sp³-hybridized carbons (Fsp3) is 0. The van der Waals surface area contributed by atoms with E-state index in [9.17, 15) is 4.79 Å². The maximum absolute atomic E-state index is 11.8. The summed E-state index contributed by atoms with van der Waals surface area (Å²) in [6.07, 6.45) is 1.47. The highest BCUT2D eigenvalue weighted by atomic mass is 35.5. The van der Waals surface area contributed by atoms with Gasteiger partial charge >= 0.3 is 5.97 Å². The van der Waals surface area contributed by atoms with Gasteiger partial charge in [0.25, 0.3) is 0 Å². The van der Waals surface area contributed by atoms with Crippen molar-refractivity contribution in [1.82, 2.24) is 0 Å². The first-order valence-corrected chi connectivity index (χ1v) is 8.26. The zero-order valence-corrected chi connectivity index (χ0v) is 14.5. The Morgan fingerprint density at radius 1 is 0.846 bits per heavy atom. The van der Waals surface area contributed by atoms with Crippen molar-refractivity contribution < 1.29 is 9.63 Å². The van der Waals surface area contributed by atoms with Crippen molar-refractivity contribution in [3.05, 3.63) is 106 Å². The van der Waals surface area contributed by atoms with Gasteiger partial charge < -0.3 is 4.84 Å². The number of oxime groups is 1. The van der Waals surface area contributed by atoms with Gasteiger partial charge in [-0.1, -0.05) is 58.9 Å². The summed E-state index contributed by atoms with van der Waals surface area (Å²) in [7, 11) is 0. The van der Waals surface area contributed by atoms with Crippen LogP contribution in [0.2, 0.25) is 5.02 Å². The molecule has 0 unspecified atom stereocenters. The number of hydrogen-bond acceptors (Lipinski definition) is 3. The number of carbonyl (C=O) groups excluding carboxylic acids is 1. The molecule has 0 fully saturated rings. The Balaban J connectivity index is 1.59. The van der Waals surface area contributed by atoms with Gasteiger partial charge in [0.1, 0.15) is 0 Å². The second-order valence-corrected chi connectivity index (χ2v) is 5.79. The van der Waals surface area contributed by atoms with Crippen LogP contribution in [-0.2, 0) is 4.84 Å². The van der Waals surface area contributed by atoms with Gasteiger partial charge in [-0.05, 0) is 54.1 Å². The predicted octanol–water partition coefficient (Wildman–Crippen LogP) is 4.93. The van der Waals surface area contributed by atoms with Crippen molar-refractivity contribution in [2.45, 2.75) is 0 Å². The third-order valence-corrected chi connectivity index (χ3v) is 3.70. The van der Waals surface area contributed by atoms with Crippen molar-refractivity contribution >= 4 is 23.8 Å². The van der Waals surface area contributed by atoms with E-state index in [2.05, 4.69) is 17.0 Å². The predicted molar refractivity (Wildman–Crippen MR) is 103 cm³/mol. The highest BCUT2D eigenvalue weighted by molar-refractivity contribution is 6.30. The van der Waals surface area contributed by atoms with E-state index >= 15 is 0 Å². The van der Waals surface area contributed by atoms with Gasteiger partial charge in [-0.15, -0.1) is 0 Å². The summed E-state index contributed by atoms with van der Waals surface area (Å²) in [5.41, 5.74) is 3.05. The van der Waals surface area contributed by atoms with E-state index in [0.717, 1.165) is 16.7 Å². The molecule has 0 saturated heterocycles. The van der Waals surface area contributed by atoms with Crippen molar-refractivity contribution in [2.24, 2.45) is 5.16 Å². The molecule has 3 nitrogen and oxygen atoms in total. The summed E-state index contributed by atoms with van der Waals surface area (Å²) in [6, 6.07) is 23.7. The van der Waals surface area contributed by atoms with Crippen molar-refractivity contribution in [3.8, 4) is 11.8 Å². The lowest BCUT2D eigenvalue weighted by Crippen LogP contribution is -2.00. The fourth-order valence-corrected chi connectivity index (χ4v) is 2.22. The van der Waals surface area contributed by atoms with E-state index in [1.807, 2.05) is 54.6 Å². The molecule has 4 heteroatoms. The smallest absolute Gasteiger partial charge is 0.313 e. The van der Waals surface area contributed by atoms with Crippen molar-refractivity contribution in [3.63, 3.8) is 0 Å². The minimum atomic E-state index is -0.539. The van der Waals surface area contributed by atoms with Gasteiger partial charge in [-0.2, -0.15) is 0 Å². The minimum Gasteiger partial charge on any atom is -0.313 e. The van der Waals surface area contributed by atoms with E-state index < -0.39 is 5.97 Å². The molecule has 0 aliphatic carbocycles. The summed E-state index contributed by atoms with van der Waals surface area (Å²) in [6.45, 7) is 0. The maximum Gasteiger partial charge on any atom is 0.365 e. The molecule has 0 aliphatic rings. The van der Waals surface area contributed by atoms with Gasteiger partial charge in [0, 0.05) is 16.1 Å². The molecule has 3 rings (SSSR count). The van der Waals surface area contributed by atoms with E-state index in [4.69, 9.17) is 16.4 Å². The molecular formula is C22H14ClNO2. The van der Waals surface area contributed by atoms with Crippen LogP contribution in [0.1, 0.15) is 27.0 Å². The second kappa shape index (κ2) is 8.66. The molecule has 3 aromatic rings. The Morgan fingerprint density at radius 2 is 1.46 bits per heavy atom. The molecule has 0 radical (unpaired) electrons. The normalized spacial score (nSPS) is 10.2. The monoisotopic (exact) mass is 359 g/mol. The Bertz CT molecular complexity index is 967. The van der Waals surface area contributed by atoms with E-state index in [0.29, 0.717) is 10.6 Å². The summed E-state index contributed by atoms with van der Waals surface area (Å²) in [4.78, 5) is 16.7. The van der Waals surface area contributed by atoms with Crippen molar-refractivity contribution in [2.75, 3.05) is 0 Å². The average Bonchev–Trinajstić information content (AvgIpc) is 2.68. The average molecular weight is 360 g/mol. The number of rotatable bonds is 3. The topological polar surface area (TPSA) is 38.7 Å². The van der Waals surface area contributed by atoms with Gasteiger partial charge in [0.05, 0.1) is 11.8 Å². The van der Waals surface area contributed by atoms with Crippen LogP contribution in [0.25, 0.3) is 0 Å². The van der Waals surface area contributed by atoms with Gasteiger partial charge in [0.15, 0.2) is 0 Å². The number of nitrogens with zero attached hydrogens (tertiary/aromatic N) is 1. The van der Waals surface area contributed by atoms with Crippen LogP contribution in [0.15, 0.2) is 84.0 Å². The zero-order valence-electron chi connectivity index (χ0n) is 13.7. The Morgan fingerprint density at radius 3 is 2.12 bits per heavy atom. The second-order valence-electron chi connectivity index (χ2n) is 5.36. The van der Waals surface area contributed by atoms with Crippen LogP contribution >= 0.6 is 11.6 Å². The lowest BCUT2D eigenvalue weighted by Gasteiger charge is -1.98. The molecular weight excluding hydrogens is 346 g/mol. The summed E-state index contributed by atoms with van der Waals surface area (Å²) >= 11 is 5.78. The molecule has 0 spiro atoms. The number of benzene rings is 3. The fourth-order valence-electron chi connectivity index (χ4n) is 2.09. The molecule has 0 N–H and O–H groups in total. The Kier molecular flexibility index (Phi) is 5.82. The third-order valence-electron chi connectivity index (χ3n) is 3.45. The first-order valence-electron chi connectivity index (χ1n) is 7.88. The van der Waals surface area contributed by atoms with Gasteiger partial charge in [-0.3, -0.25) is 0 Å². The highest BCUT2D eigenvalue weighted by Crippen LogP contribution is 2.10. The SMILES string of the molecule is O=C(O/N=C\c1ccc(C#Cc2ccccc2)cc1)c1ccc(Cl)cc1. The molecule has 26 heavy (non-hydrogen) atoms. The maximum atomic E-state index is 11.8. The van der Waals surface area contributed by atoms with E-state index in [1.165, 1.54) is 6.21 Å². The van der Waals surface area contributed by atoms with Gasteiger partial charge in [0.2, 0.25) is 0 Å². The molecule has 0 amide bonds. The first-order chi connectivity index (χ1) is 12.7. The zero-order chi connectivity index (χ0) is 18.2. The number of hydrogen-bond donors (Lipinski definition) is 0. The number of carbonyl (C=O) groups is 1. The first kappa shape index (κ1) is 17.5. The highest BCUT2D eigenvalue weighted by Gasteiger charge is 2.05. The van der Waals surface area contributed by atoms with Crippen LogP contribution in [0.4, 0.5) is 0 Å². The van der Waals surface area contributed by atoms with Crippen LogP contribution in [0.5, 0.6) is 0 Å². The Labute approximate surface area is 156 Å². The molecule has 0 aromatic heterocycles. The van der Waals surface area contributed by atoms with Crippen LogP contribution < -0.4 is 0 Å². The quantitative estimate of drug-likeness (QED) is 0.288. The molecule has 126 valence electrons. The van der Waals surface area contributed by atoms with Crippen molar-refractivity contribution in [1.29, 1.82) is 0 Å². The molecule has 0 bridgehead atoms. The minimum absolute atomic E-state index is 0.387. The van der Waals surface area contributed by atoms with Crippen LogP contribution in [0.3, 0.4) is 0 Å². The standard InChI is InChI=1S/C22H14ClNO2/c23-21-14-12-20(13-15-21)22(25)26-24-16-19-10-8-18(9-11-19)7-6-17-4-2-1-3-5-17/h1-5,8-16H/b24-16-. The van der Waals surface area contributed by atoms with Gasteiger partial charge in [-0.25, -0.2) is 4.79 Å². The third kappa shape index (κ3) is 5.07. The summed E-state index contributed by atoms with van der Waals surface area (Å²) < 4.78 is 0. The lowest BCUT2D eigenvalue weighted by molar-refractivity contribution is 0.0519. The van der Waals surface area contributed by atoms with Crippen LogP contribution in [0, 0.1) is 11.8 Å². The van der Waals surface area contributed by atoms with Crippen LogP contribution in [-0.4, -0.2) is 12.2 Å². The van der Waals surface area contributed by atoms with E-state index in [1.54, 1.807) is 24.3 Å². The lowest BCUT2D eigenvalue weighted by atomic mass is 10.1. The molecule has 0 atom stereocenters. The molecule has 3 aromatic carbocycles. The summed E-state index contributed by atoms with van der Waals surface area (Å²) in [5.74, 6) is 5.66. The summed E-state index contributed by atoms with van der Waals surface area (Å²) in [5, 5.41) is 4.28.